The van der Waals surface area contributed by atoms with Gasteiger partial charge < -0.3 is 10.3 Å². The van der Waals surface area contributed by atoms with Crippen molar-refractivity contribution in [1.29, 1.82) is 0 Å². The molecule has 0 atom stereocenters. The molecule has 1 fully saturated rings. The number of amides is 1. The molecule has 1 amide bonds. The van der Waals surface area contributed by atoms with Gasteiger partial charge in [-0.25, -0.2) is 14.4 Å². The molecule has 0 spiro atoms. The van der Waals surface area contributed by atoms with E-state index in [-0.39, 0.29) is 17.6 Å². The fourth-order valence-electron chi connectivity index (χ4n) is 2.44. The molecular formula is C16H12BrFN4O. The molecule has 2 heterocycles. The lowest BCUT2D eigenvalue weighted by Crippen LogP contribution is -2.14. The number of hydrogen-bond donors (Lipinski definition) is 2. The minimum Gasteiger partial charge on any atom is -0.335 e. The monoisotopic (exact) mass is 374 g/mol. The Morgan fingerprint density at radius 1 is 1.35 bits per heavy atom. The molecule has 0 bridgehead atoms. The first-order chi connectivity index (χ1) is 11.1. The number of anilines is 1. The van der Waals surface area contributed by atoms with Crippen molar-refractivity contribution in [2.24, 2.45) is 5.92 Å². The molecule has 1 aliphatic rings. The maximum absolute atomic E-state index is 14.1. The van der Waals surface area contributed by atoms with Crippen molar-refractivity contribution in [2.75, 3.05) is 5.32 Å². The number of pyridine rings is 1. The lowest BCUT2D eigenvalue weighted by molar-refractivity contribution is -0.117. The Kier molecular flexibility index (Phi) is 3.37. The van der Waals surface area contributed by atoms with Crippen LogP contribution in [0.1, 0.15) is 12.8 Å². The van der Waals surface area contributed by atoms with E-state index in [0.29, 0.717) is 32.7 Å². The lowest BCUT2D eigenvalue weighted by atomic mass is 10.2. The smallest absolute Gasteiger partial charge is 0.228 e. The summed E-state index contributed by atoms with van der Waals surface area (Å²) in [7, 11) is 0. The minimum atomic E-state index is -0.380. The molecule has 1 aliphatic carbocycles. The number of nitrogens with zero attached hydrogens (tertiary/aromatic N) is 2. The topological polar surface area (TPSA) is 70.7 Å². The largest absolute Gasteiger partial charge is 0.335 e. The van der Waals surface area contributed by atoms with Crippen LogP contribution >= 0.6 is 15.9 Å². The van der Waals surface area contributed by atoms with Crippen LogP contribution in [0.4, 0.5) is 10.2 Å². The van der Waals surface area contributed by atoms with Gasteiger partial charge >= 0.3 is 0 Å². The summed E-state index contributed by atoms with van der Waals surface area (Å²) in [5.41, 5.74) is 1.56. The fraction of sp³-hybridized carbons (Fsp3) is 0.188. The first-order valence-corrected chi connectivity index (χ1v) is 8.03. The Bertz CT molecular complexity index is 899. The third-order valence-corrected chi connectivity index (χ3v) is 4.45. The van der Waals surface area contributed by atoms with Gasteiger partial charge in [-0.2, -0.15) is 0 Å². The van der Waals surface area contributed by atoms with E-state index in [9.17, 15) is 9.18 Å². The molecule has 4 rings (SSSR count). The highest BCUT2D eigenvalue weighted by Gasteiger charge is 2.30. The Morgan fingerprint density at radius 3 is 2.91 bits per heavy atom. The Labute approximate surface area is 139 Å². The molecule has 0 aliphatic heterocycles. The highest BCUT2D eigenvalue weighted by molar-refractivity contribution is 9.10. The van der Waals surface area contributed by atoms with Crippen molar-refractivity contribution in [1.82, 2.24) is 15.0 Å². The zero-order valence-corrected chi connectivity index (χ0v) is 13.5. The predicted molar refractivity (Wildman–Crippen MR) is 88.3 cm³/mol. The zero-order valence-electron chi connectivity index (χ0n) is 11.9. The zero-order chi connectivity index (χ0) is 16.0. The van der Waals surface area contributed by atoms with Gasteiger partial charge in [0, 0.05) is 16.6 Å². The van der Waals surface area contributed by atoms with Gasteiger partial charge in [-0.15, -0.1) is 0 Å². The number of aromatic amines is 1. The van der Waals surface area contributed by atoms with E-state index >= 15 is 0 Å². The van der Waals surface area contributed by atoms with Crippen LogP contribution in [0.25, 0.3) is 22.4 Å². The Hall–Kier alpha value is -2.28. The van der Waals surface area contributed by atoms with Crippen LogP contribution in [0.3, 0.4) is 0 Å². The van der Waals surface area contributed by atoms with Gasteiger partial charge in [0.05, 0.1) is 11.1 Å². The number of benzene rings is 1. The molecule has 2 aromatic heterocycles. The van der Waals surface area contributed by atoms with E-state index in [1.54, 1.807) is 24.4 Å². The number of halogens is 2. The molecule has 5 nitrogen and oxygen atoms in total. The number of fused-ring (bicyclic) bond motifs is 1. The molecular weight excluding hydrogens is 363 g/mol. The quantitative estimate of drug-likeness (QED) is 0.730. The van der Waals surface area contributed by atoms with Crippen molar-refractivity contribution in [3.05, 3.63) is 40.8 Å². The molecule has 3 aromatic rings. The summed E-state index contributed by atoms with van der Waals surface area (Å²) in [5, 5.41) is 2.81. The summed E-state index contributed by atoms with van der Waals surface area (Å²) in [6.07, 6.45) is 3.41. The summed E-state index contributed by atoms with van der Waals surface area (Å²) in [5.74, 6) is 0.476. The summed E-state index contributed by atoms with van der Waals surface area (Å²) in [4.78, 5) is 23.6. The van der Waals surface area contributed by atoms with Gasteiger partial charge in [0.15, 0.2) is 5.82 Å². The number of rotatable bonds is 3. The van der Waals surface area contributed by atoms with Crippen LogP contribution in [0.5, 0.6) is 0 Å². The minimum absolute atomic E-state index is 0.0341. The van der Waals surface area contributed by atoms with Crippen LogP contribution in [-0.4, -0.2) is 20.9 Å². The summed E-state index contributed by atoms with van der Waals surface area (Å²) in [6.45, 7) is 0. The van der Waals surface area contributed by atoms with E-state index in [0.717, 1.165) is 12.8 Å². The summed E-state index contributed by atoms with van der Waals surface area (Å²) >= 11 is 3.34. The maximum Gasteiger partial charge on any atom is 0.228 e. The first-order valence-electron chi connectivity index (χ1n) is 7.23. The second-order valence-electron chi connectivity index (χ2n) is 5.50. The molecule has 0 radical (unpaired) electrons. The maximum atomic E-state index is 14.1. The van der Waals surface area contributed by atoms with Gasteiger partial charge in [0.25, 0.3) is 0 Å². The molecule has 0 saturated heterocycles. The van der Waals surface area contributed by atoms with E-state index in [2.05, 4.69) is 36.2 Å². The van der Waals surface area contributed by atoms with Gasteiger partial charge in [-0.1, -0.05) is 6.07 Å². The molecule has 2 N–H and O–H groups in total. The molecule has 0 unspecified atom stereocenters. The van der Waals surface area contributed by atoms with Gasteiger partial charge in [-0.05, 0) is 47.0 Å². The number of carbonyl (C=O) groups is 1. The van der Waals surface area contributed by atoms with Gasteiger partial charge in [0.2, 0.25) is 5.91 Å². The molecule has 23 heavy (non-hydrogen) atoms. The fourth-order valence-corrected chi connectivity index (χ4v) is 2.97. The van der Waals surface area contributed by atoms with Gasteiger partial charge in [-0.3, -0.25) is 4.79 Å². The third-order valence-electron chi connectivity index (χ3n) is 3.79. The second-order valence-corrected chi connectivity index (χ2v) is 6.35. The molecule has 116 valence electrons. The normalized spacial score (nSPS) is 14.2. The van der Waals surface area contributed by atoms with Crippen molar-refractivity contribution < 1.29 is 9.18 Å². The number of carbonyl (C=O) groups excluding carboxylic acids is 1. The van der Waals surface area contributed by atoms with Crippen LogP contribution < -0.4 is 5.32 Å². The molecule has 1 saturated carbocycles. The van der Waals surface area contributed by atoms with E-state index < -0.39 is 0 Å². The van der Waals surface area contributed by atoms with E-state index in [4.69, 9.17) is 0 Å². The summed E-state index contributed by atoms with van der Waals surface area (Å²) in [6, 6.07) is 6.46. The third kappa shape index (κ3) is 2.61. The van der Waals surface area contributed by atoms with Crippen LogP contribution in [-0.2, 0) is 4.79 Å². The average molecular weight is 375 g/mol. The van der Waals surface area contributed by atoms with Crippen molar-refractivity contribution in [3.63, 3.8) is 0 Å². The Balaban J connectivity index is 1.80. The number of hydrogen-bond acceptors (Lipinski definition) is 3. The first kappa shape index (κ1) is 14.3. The number of imidazole rings is 1. The van der Waals surface area contributed by atoms with Crippen molar-refractivity contribution in [2.45, 2.75) is 12.8 Å². The standard InChI is InChI=1S/C16H12BrFN4O/c17-9-2-1-3-10(18)12(9)14-20-11-6-7-19-15(13(11)21-14)22-16(23)8-4-5-8/h1-3,6-8H,4-5H2,(H,20,21)(H,19,22,23). The van der Waals surface area contributed by atoms with Crippen molar-refractivity contribution >= 4 is 38.7 Å². The molecule has 7 heteroatoms. The van der Waals surface area contributed by atoms with Crippen molar-refractivity contribution in [3.8, 4) is 11.4 Å². The Morgan fingerprint density at radius 2 is 2.17 bits per heavy atom. The highest BCUT2D eigenvalue weighted by Crippen LogP contribution is 2.33. The summed E-state index contributed by atoms with van der Waals surface area (Å²) < 4.78 is 14.7. The second kappa shape index (κ2) is 5.42. The number of aromatic nitrogens is 3. The SMILES string of the molecule is O=C(Nc1nccc2nc(-c3c(F)cccc3Br)[nH]c12)C1CC1. The number of H-pyrrole nitrogens is 1. The lowest BCUT2D eigenvalue weighted by Gasteiger charge is -2.04. The predicted octanol–water partition coefficient (Wildman–Crippen LogP) is 3.88. The van der Waals surface area contributed by atoms with E-state index in [1.807, 2.05) is 0 Å². The van der Waals surface area contributed by atoms with Crippen LogP contribution in [0, 0.1) is 11.7 Å². The van der Waals surface area contributed by atoms with Crippen LogP contribution in [0.15, 0.2) is 34.9 Å². The molecule has 1 aromatic carbocycles. The van der Waals surface area contributed by atoms with E-state index in [1.165, 1.54) is 6.07 Å². The number of nitrogens with one attached hydrogen (secondary N) is 2. The average Bonchev–Trinajstić information content (AvgIpc) is 3.28. The van der Waals surface area contributed by atoms with Gasteiger partial charge in [0.1, 0.15) is 17.2 Å². The van der Waals surface area contributed by atoms with Crippen LogP contribution in [0.2, 0.25) is 0 Å². The highest BCUT2D eigenvalue weighted by atomic mass is 79.9.